The molecule has 2 heterocycles. The van der Waals surface area contributed by atoms with Crippen LogP contribution in [0.2, 0.25) is 5.02 Å². The molecule has 0 saturated carbocycles. The maximum absolute atomic E-state index is 12.9. The second-order valence-corrected chi connectivity index (χ2v) is 8.51. The van der Waals surface area contributed by atoms with Crippen molar-refractivity contribution in [2.24, 2.45) is 0 Å². The molecule has 1 aliphatic heterocycles. The summed E-state index contributed by atoms with van der Waals surface area (Å²) in [5, 5.41) is 8.13. The van der Waals surface area contributed by atoms with Crippen LogP contribution in [0.1, 0.15) is 0 Å². The van der Waals surface area contributed by atoms with Crippen molar-refractivity contribution in [2.75, 3.05) is 31.1 Å². The van der Waals surface area contributed by atoms with Gasteiger partial charge in [-0.15, -0.1) is 10.2 Å². The van der Waals surface area contributed by atoms with Gasteiger partial charge in [0, 0.05) is 42.5 Å². The highest BCUT2D eigenvalue weighted by molar-refractivity contribution is 7.89. The van der Waals surface area contributed by atoms with E-state index in [1.165, 1.54) is 10.7 Å². The van der Waals surface area contributed by atoms with E-state index in [0.717, 1.165) is 5.69 Å². The number of nitrogens with zero attached hydrogens (tertiary/aromatic N) is 4. The molecule has 0 spiro atoms. The third kappa shape index (κ3) is 3.69. The van der Waals surface area contributed by atoms with E-state index >= 15 is 0 Å². The van der Waals surface area contributed by atoms with Crippen molar-refractivity contribution in [3.05, 3.63) is 59.9 Å². The molecule has 2 aromatic carbocycles. The maximum atomic E-state index is 12.9. The molecule has 0 aliphatic carbocycles. The monoisotopic (exact) mass is 404 g/mol. The molecule has 27 heavy (non-hydrogen) atoms. The summed E-state index contributed by atoms with van der Waals surface area (Å²) in [5.41, 5.74) is 1.72. The number of anilines is 1. The van der Waals surface area contributed by atoms with Crippen LogP contribution < -0.4 is 4.90 Å². The standard InChI is InChI=1S/C18H17ClN4O3S/c19-15-3-5-16(6-4-15)22-9-11-23(12-10-22)27(24,25)17-7-1-14(2-8-17)18-21-20-13-26-18/h1-8,13H,9-12H2. The first-order chi connectivity index (χ1) is 13.0. The molecule has 0 unspecified atom stereocenters. The van der Waals surface area contributed by atoms with Gasteiger partial charge in [-0.3, -0.25) is 0 Å². The molecule has 140 valence electrons. The Morgan fingerprint density at radius 1 is 0.926 bits per heavy atom. The summed E-state index contributed by atoms with van der Waals surface area (Å²) in [6.07, 6.45) is 1.24. The van der Waals surface area contributed by atoms with E-state index in [1.807, 2.05) is 24.3 Å². The van der Waals surface area contributed by atoms with E-state index < -0.39 is 10.0 Å². The van der Waals surface area contributed by atoms with Gasteiger partial charge in [-0.2, -0.15) is 4.31 Å². The van der Waals surface area contributed by atoms with Crippen LogP contribution in [0, 0.1) is 0 Å². The molecule has 0 atom stereocenters. The second kappa shape index (κ2) is 7.30. The molecule has 4 rings (SSSR count). The average Bonchev–Trinajstić information content (AvgIpc) is 3.24. The van der Waals surface area contributed by atoms with Gasteiger partial charge in [0.2, 0.25) is 22.3 Å². The first-order valence-corrected chi connectivity index (χ1v) is 10.2. The lowest BCUT2D eigenvalue weighted by Gasteiger charge is -2.35. The normalized spacial score (nSPS) is 15.8. The first-order valence-electron chi connectivity index (χ1n) is 8.41. The van der Waals surface area contributed by atoms with Gasteiger partial charge in [-0.05, 0) is 48.5 Å². The van der Waals surface area contributed by atoms with Gasteiger partial charge in [0.05, 0.1) is 4.90 Å². The summed E-state index contributed by atoms with van der Waals surface area (Å²) < 4.78 is 32.5. The Balaban J connectivity index is 1.46. The molecule has 7 nitrogen and oxygen atoms in total. The highest BCUT2D eigenvalue weighted by Gasteiger charge is 2.28. The van der Waals surface area contributed by atoms with Gasteiger partial charge in [0.1, 0.15) is 0 Å². The van der Waals surface area contributed by atoms with Gasteiger partial charge in [0.25, 0.3) is 0 Å². The fourth-order valence-corrected chi connectivity index (χ4v) is 4.60. The minimum Gasteiger partial charge on any atom is -0.423 e. The van der Waals surface area contributed by atoms with E-state index in [9.17, 15) is 8.42 Å². The van der Waals surface area contributed by atoms with E-state index in [2.05, 4.69) is 15.1 Å². The third-order valence-corrected chi connectivity index (χ3v) is 6.69. The van der Waals surface area contributed by atoms with Crippen LogP contribution in [0.15, 0.2) is 64.2 Å². The van der Waals surface area contributed by atoms with Crippen molar-refractivity contribution in [3.8, 4) is 11.5 Å². The average molecular weight is 405 g/mol. The molecule has 0 N–H and O–H groups in total. The third-order valence-electron chi connectivity index (χ3n) is 4.53. The number of piperazine rings is 1. The minimum absolute atomic E-state index is 0.255. The summed E-state index contributed by atoms with van der Waals surface area (Å²) >= 11 is 5.93. The topological polar surface area (TPSA) is 79.5 Å². The summed E-state index contributed by atoms with van der Waals surface area (Å²) in [4.78, 5) is 2.41. The molecule has 0 radical (unpaired) electrons. The van der Waals surface area contributed by atoms with Gasteiger partial charge in [-0.1, -0.05) is 11.6 Å². The maximum Gasteiger partial charge on any atom is 0.247 e. The van der Waals surface area contributed by atoms with Crippen molar-refractivity contribution >= 4 is 27.3 Å². The Labute approximate surface area is 162 Å². The van der Waals surface area contributed by atoms with Crippen LogP contribution in [0.3, 0.4) is 0 Å². The predicted molar refractivity (Wildman–Crippen MR) is 102 cm³/mol. The summed E-state index contributed by atoms with van der Waals surface area (Å²) in [6.45, 7) is 2.11. The molecular weight excluding hydrogens is 388 g/mol. The zero-order chi connectivity index (χ0) is 18.9. The van der Waals surface area contributed by atoms with Crippen LogP contribution in [-0.2, 0) is 10.0 Å². The molecule has 0 amide bonds. The highest BCUT2D eigenvalue weighted by atomic mass is 35.5. The number of benzene rings is 2. The van der Waals surface area contributed by atoms with Crippen molar-refractivity contribution < 1.29 is 12.8 Å². The number of sulfonamides is 1. The van der Waals surface area contributed by atoms with Crippen molar-refractivity contribution in [1.29, 1.82) is 0 Å². The van der Waals surface area contributed by atoms with E-state index in [1.54, 1.807) is 24.3 Å². The number of hydrogen-bond donors (Lipinski definition) is 0. The molecule has 9 heteroatoms. The van der Waals surface area contributed by atoms with Gasteiger partial charge < -0.3 is 9.32 Å². The summed E-state index contributed by atoms with van der Waals surface area (Å²) in [6, 6.07) is 14.1. The molecule has 0 bridgehead atoms. The van der Waals surface area contributed by atoms with Crippen LogP contribution in [0.4, 0.5) is 5.69 Å². The van der Waals surface area contributed by atoms with Crippen LogP contribution in [0.5, 0.6) is 0 Å². The fourth-order valence-electron chi connectivity index (χ4n) is 3.06. The lowest BCUT2D eigenvalue weighted by Crippen LogP contribution is -2.48. The Kier molecular flexibility index (Phi) is 4.86. The van der Waals surface area contributed by atoms with E-state index in [-0.39, 0.29) is 4.90 Å². The van der Waals surface area contributed by atoms with Crippen molar-refractivity contribution in [1.82, 2.24) is 14.5 Å². The van der Waals surface area contributed by atoms with Gasteiger partial charge >= 0.3 is 0 Å². The highest BCUT2D eigenvalue weighted by Crippen LogP contribution is 2.24. The van der Waals surface area contributed by atoms with Crippen molar-refractivity contribution in [3.63, 3.8) is 0 Å². The van der Waals surface area contributed by atoms with Crippen molar-refractivity contribution in [2.45, 2.75) is 4.90 Å². The number of aromatic nitrogens is 2. The number of rotatable bonds is 4. The Bertz CT molecular complexity index is 998. The lowest BCUT2D eigenvalue weighted by atomic mass is 10.2. The van der Waals surface area contributed by atoms with Crippen LogP contribution >= 0.6 is 11.6 Å². The van der Waals surface area contributed by atoms with Crippen LogP contribution in [0.25, 0.3) is 11.5 Å². The van der Waals surface area contributed by atoms with Gasteiger partial charge in [0.15, 0.2) is 0 Å². The zero-order valence-electron chi connectivity index (χ0n) is 14.3. The smallest absolute Gasteiger partial charge is 0.247 e. The quantitative estimate of drug-likeness (QED) is 0.665. The van der Waals surface area contributed by atoms with E-state index in [4.69, 9.17) is 16.0 Å². The molecule has 1 saturated heterocycles. The minimum atomic E-state index is -3.54. The molecular formula is C18H17ClN4O3S. The lowest BCUT2D eigenvalue weighted by molar-refractivity contribution is 0.385. The molecule has 1 aromatic heterocycles. The van der Waals surface area contributed by atoms with E-state index in [0.29, 0.717) is 42.7 Å². The largest absolute Gasteiger partial charge is 0.423 e. The number of hydrogen-bond acceptors (Lipinski definition) is 6. The molecule has 1 fully saturated rings. The second-order valence-electron chi connectivity index (χ2n) is 6.14. The first kappa shape index (κ1) is 18.0. The fraction of sp³-hybridized carbons (Fsp3) is 0.222. The van der Waals surface area contributed by atoms with Gasteiger partial charge in [-0.25, -0.2) is 8.42 Å². The zero-order valence-corrected chi connectivity index (χ0v) is 15.9. The Morgan fingerprint density at radius 3 is 2.19 bits per heavy atom. The Hall–Kier alpha value is -2.42. The molecule has 3 aromatic rings. The Morgan fingerprint density at radius 2 is 1.59 bits per heavy atom. The predicted octanol–water partition coefficient (Wildman–Crippen LogP) is 2.90. The summed E-state index contributed by atoms with van der Waals surface area (Å²) in [7, 11) is -3.54. The summed E-state index contributed by atoms with van der Waals surface area (Å²) in [5.74, 6) is 0.357. The van der Waals surface area contributed by atoms with Crippen LogP contribution in [-0.4, -0.2) is 49.1 Å². The number of halogens is 1. The molecule has 1 aliphatic rings. The SMILES string of the molecule is O=S(=O)(c1ccc(-c2nnco2)cc1)N1CCN(c2ccc(Cl)cc2)CC1.